The van der Waals surface area contributed by atoms with Crippen molar-refractivity contribution in [3.8, 4) is 11.3 Å². The van der Waals surface area contributed by atoms with E-state index < -0.39 is 0 Å². The van der Waals surface area contributed by atoms with Crippen molar-refractivity contribution in [2.24, 2.45) is 0 Å². The normalized spacial score (nSPS) is 11.3. The molecule has 2 heterocycles. The summed E-state index contributed by atoms with van der Waals surface area (Å²) in [5, 5.41) is 1.02. The minimum absolute atomic E-state index is 0.488. The Labute approximate surface area is 133 Å². The summed E-state index contributed by atoms with van der Waals surface area (Å²) in [6, 6.07) is 5.92. The van der Waals surface area contributed by atoms with Gasteiger partial charge in [0.1, 0.15) is 11.5 Å². The molecule has 1 aromatic carbocycles. The molecule has 2 N–H and O–H groups in total. The van der Waals surface area contributed by atoms with Crippen molar-refractivity contribution in [1.29, 1.82) is 0 Å². The van der Waals surface area contributed by atoms with E-state index in [9.17, 15) is 0 Å². The van der Waals surface area contributed by atoms with Crippen molar-refractivity contribution < 1.29 is 0 Å². The van der Waals surface area contributed by atoms with E-state index in [1.807, 2.05) is 0 Å². The quantitative estimate of drug-likeness (QED) is 0.699. The van der Waals surface area contributed by atoms with Crippen LogP contribution in [0, 0.1) is 20.8 Å². The molecule has 0 atom stereocenters. The predicted octanol–water partition coefficient (Wildman–Crippen LogP) is 4.82. The van der Waals surface area contributed by atoms with Gasteiger partial charge >= 0.3 is 0 Å². The van der Waals surface area contributed by atoms with Crippen LogP contribution in [0.1, 0.15) is 16.7 Å². The van der Waals surface area contributed by atoms with E-state index in [1.54, 1.807) is 16.7 Å². The molecule has 5 heteroatoms. The lowest BCUT2D eigenvalue weighted by molar-refractivity contribution is 1.20. The number of imidazole rings is 1. The van der Waals surface area contributed by atoms with Gasteiger partial charge in [-0.3, -0.25) is 4.40 Å². The summed E-state index contributed by atoms with van der Waals surface area (Å²) in [5.41, 5.74) is 12.2. The fourth-order valence-corrected chi connectivity index (χ4v) is 3.02. The molecule has 0 amide bonds. The molecule has 21 heavy (non-hydrogen) atoms. The number of pyridine rings is 1. The van der Waals surface area contributed by atoms with Gasteiger partial charge in [0, 0.05) is 11.8 Å². The fraction of sp³-hybridized carbons (Fsp3) is 0.188. The highest BCUT2D eigenvalue weighted by Crippen LogP contribution is 2.33. The Kier molecular flexibility index (Phi) is 3.34. The smallest absolute Gasteiger partial charge is 0.158 e. The van der Waals surface area contributed by atoms with Crippen molar-refractivity contribution in [3.05, 3.63) is 51.1 Å². The summed E-state index contributed by atoms with van der Waals surface area (Å²) in [4.78, 5) is 4.60. The number of benzene rings is 1. The summed E-state index contributed by atoms with van der Waals surface area (Å²) in [7, 11) is 0. The monoisotopic (exact) mass is 319 g/mol. The summed E-state index contributed by atoms with van der Waals surface area (Å²) in [5.74, 6) is 0.542. The van der Waals surface area contributed by atoms with Crippen molar-refractivity contribution in [1.82, 2.24) is 9.38 Å². The average molecular weight is 320 g/mol. The van der Waals surface area contributed by atoms with Gasteiger partial charge in [0.15, 0.2) is 5.65 Å². The van der Waals surface area contributed by atoms with Gasteiger partial charge in [-0.2, -0.15) is 0 Å². The third kappa shape index (κ3) is 2.27. The lowest BCUT2D eigenvalue weighted by Gasteiger charge is -2.08. The van der Waals surface area contributed by atoms with Crippen LogP contribution in [-0.4, -0.2) is 9.38 Å². The lowest BCUT2D eigenvalue weighted by atomic mass is 9.99. The highest BCUT2D eigenvalue weighted by Gasteiger charge is 2.16. The number of aryl methyl sites for hydroxylation is 3. The molecule has 0 saturated heterocycles. The number of halogens is 2. The van der Waals surface area contributed by atoms with Gasteiger partial charge in [0.05, 0.1) is 10.0 Å². The van der Waals surface area contributed by atoms with Gasteiger partial charge < -0.3 is 5.73 Å². The van der Waals surface area contributed by atoms with E-state index in [-0.39, 0.29) is 0 Å². The standard InChI is InChI=1S/C16H15Cl2N3/c1-8-4-10(3)12(5-9(8)2)14-15(19)21-7-11(17)6-13(18)16(21)20-14/h4-7H,19H2,1-3H3. The molecule has 0 bridgehead atoms. The first-order valence-electron chi connectivity index (χ1n) is 6.59. The van der Waals surface area contributed by atoms with Crippen LogP contribution in [0.2, 0.25) is 10.0 Å². The number of anilines is 1. The molecule has 0 spiro atoms. The van der Waals surface area contributed by atoms with Crippen molar-refractivity contribution >= 4 is 34.7 Å². The largest absolute Gasteiger partial charge is 0.383 e. The third-order valence-corrected chi connectivity index (χ3v) is 4.26. The summed E-state index contributed by atoms with van der Waals surface area (Å²) in [6.45, 7) is 6.23. The molecular weight excluding hydrogens is 305 g/mol. The second-order valence-electron chi connectivity index (χ2n) is 5.30. The molecule has 3 rings (SSSR count). The Balaban J connectivity index is 2.34. The fourth-order valence-electron chi connectivity index (χ4n) is 2.50. The van der Waals surface area contributed by atoms with Gasteiger partial charge in [-0.1, -0.05) is 29.3 Å². The molecule has 0 fully saturated rings. The first-order chi connectivity index (χ1) is 9.88. The molecule has 0 aliphatic rings. The molecule has 0 radical (unpaired) electrons. The van der Waals surface area contributed by atoms with Crippen molar-refractivity contribution in [2.45, 2.75) is 20.8 Å². The van der Waals surface area contributed by atoms with Crippen LogP contribution in [0.4, 0.5) is 5.82 Å². The van der Waals surface area contributed by atoms with Gasteiger partial charge in [0.25, 0.3) is 0 Å². The Hall–Kier alpha value is -1.71. The number of hydrogen-bond acceptors (Lipinski definition) is 2. The van der Waals surface area contributed by atoms with Crippen LogP contribution in [0.5, 0.6) is 0 Å². The SMILES string of the molecule is Cc1cc(C)c(-c2nc3c(Cl)cc(Cl)cn3c2N)cc1C. The number of fused-ring (bicyclic) bond motifs is 1. The summed E-state index contributed by atoms with van der Waals surface area (Å²) < 4.78 is 1.73. The van der Waals surface area contributed by atoms with E-state index in [4.69, 9.17) is 28.9 Å². The Morgan fingerprint density at radius 3 is 2.38 bits per heavy atom. The Bertz CT molecular complexity index is 866. The number of nitrogen functional groups attached to an aromatic ring is 1. The van der Waals surface area contributed by atoms with Crippen LogP contribution in [0.25, 0.3) is 16.9 Å². The van der Waals surface area contributed by atoms with Gasteiger partial charge in [-0.05, 0) is 49.6 Å². The van der Waals surface area contributed by atoms with Crippen molar-refractivity contribution in [3.63, 3.8) is 0 Å². The van der Waals surface area contributed by atoms with Crippen LogP contribution < -0.4 is 5.73 Å². The van der Waals surface area contributed by atoms with Crippen LogP contribution in [0.15, 0.2) is 24.4 Å². The van der Waals surface area contributed by atoms with Gasteiger partial charge in [-0.25, -0.2) is 4.98 Å². The van der Waals surface area contributed by atoms with E-state index in [1.165, 1.54) is 11.1 Å². The first kappa shape index (κ1) is 14.2. The Morgan fingerprint density at radius 1 is 1.00 bits per heavy atom. The number of rotatable bonds is 1. The Morgan fingerprint density at radius 2 is 1.67 bits per heavy atom. The van der Waals surface area contributed by atoms with Crippen LogP contribution >= 0.6 is 23.2 Å². The third-order valence-electron chi connectivity index (χ3n) is 3.77. The first-order valence-corrected chi connectivity index (χ1v) is 7.35. The van der Waals surface area contributed by atoms with Gasteiger partial charge in [-0.15, -0.1) is 0 Å². The topological polar surface area (TPSA) is 43.3 Å². The molecule has 0 aliphatic carbocycles. The molecule has 3 nitrogen and oxygen atoms in total. The van der Waals surface area contributed by atoms with Crippen LogP contribution in [0.3, 0.4) is 0 Å². The van der Waals surface area contributed by atoms with E-state index >= 15 is 0 Å². The van der Waals surface area contributed by atoms with E-state index in [0.717, 1.165) is 16.8 Å². The predicted molar refractivity (Wildman–Crippen MR) is 89.3 cm³/mol. The molecule has 108 valence electrons. The molecule has 3 aromatic rings. The zero-order valence-corrected chi connectivity index (χ0v) is 13.5. The number of nitrogens with zero attached hydrogens (tertiary/aromatic N) is 2. The van der Waals surface area contributed by atoms with Gasteiger partial charge in [0.2, 0.25) is 0 Å². The summed E-state index contributed by atoms with van der Waals surface area (Å²) >= 11 is 12.2. The number of aromatic nitrogens is 2. The zero-order valence-electron chi connectivity index (χ0n) is 12.0. The minimum Gasteiger partial charge on any atom is -0.383 e. The maximum Gasteiger partial charge on any atom is 0.158 e. The highest BCUT2D eigenvalue weighted by atomic mass is 35.5. The molecular formula is C16H15Cl2N3. The maximum atomic E-state index is 6.25. The minimum atomic E-state index is 0.488. The molecule has 0 aliphatic heterocycles. The van der Waals surface area contributed by atoms with Crippen LogP contribution in [-0.2, 0) is 0 Å². The second-order valence-corrected chi connectivity index (χ2v) is 6.14. The van der Waals surface area contributed by atoms with Crippen molar-refractivity contribution in [2.75, 3.05) is 5.73 Å². The molecule has 0 unspecified atom stereocenters. The van der Waals surface area contributed by atoms with E-state index in [0.29, 0.717) is 21.5 Å². The number of hydrogen-bond donors (Lipinski definition) is 1. The lowest BCUT2D eigenvalue weighted by Crippen LogP contribution is -1.96. The highest BCUT2D eigenvalue weighted by molar-refractivity contribution is 6.36. The second kappa shape index (κ2) is 4.93. The molecule has 0 saturated carbocycles. The maximum absolute atomic E-state index is 6.25. The summed E-state index contributed by atoms with van der Waals surface area (Å²) in [6.07, 6.45) is 1.73. The zero-order chi connectivity index (χ0) is 15.3. The van der Waals surface area contributed by atoms with E-state index in [2.05, 4.69) is 37.9 Å². The number of nitrogens with two attached hydrogens (primary N) is 1. The average Bonchev–Trinajstić information content (AvgIpc) is 2.72. The molecule has 2 aromatic heterocycles.